The van der Waals surface area contributed by atoms with Gasteiger partial charge in [0.1, 0.15) is 5.56 Å². The van der Waals surface area contributed by atoms with Crippen molar-refractivity contribution < 1.29 is 35.9 Å². The number of methoxy groups -OCH3 is 1. The molecule has 0 aliphatic carbocycles. The largest absolute Gasteiger partial charge is 0.493 e. The molecular weight excluding hydrogens is 489 g/mol. The highest BCUT2D eigenvalue weighted by atomic mass is 32.2. The summed E-state index contributed by atoms with van der Waals surface area (Å²) in [4.78, 5) is 16.5. The molecule has 0 saturated carbocycles. The quantitative estimate of drug-likeness (QED) is 0.514. The first-order chi connectivity index (χ1) is 16.3. The number of carbonyl (C=O) groups excluding carboxylic acids is 1. The van der Waals surface area contributed by atoms with Gasteiger partial charge in [0.05, 0.1) is 29.2 Å². The third kappa shape index (κ3) is 5.68. The van der Waals surface area contributed by atoms with E-state index in [-0.39, 0.29) is 27.6 Å². The number of ether oxygens (including phenoxy) is 2. The normalized spacial score (nSPS) is 11.5. The van der Waals surface area contributed by atoms with E-state index in [4.69, 9.17) is 19.9 Å². The van der Waals surface area contributed by atoms with Crippen LogP contribution in [0.2, 0.25) is 0 Å². The zero-order valence-corrected chi connectivity index (χ0v) is 19.0. The highest BCUT2D eigenvalue weighted by molar-refractivity contribution is 7.89. The van der Waals surface area contributed by atoms with Crippen molar-refractivity contribution in [2.75, 3.05) is 12.4 Å². The molecule has 3 N–H and O–H groups in total. The van der Waals surface area contributed by atoms with E-state index in [1.165, 1.54) is 43.5 Å². The Bertz CT molecular complexity index is 1450. The van der Waals surface area contributed by atoms with Crippen LogP contribution in [0.5, 0.6) is 17.4 Å². The number of halogens is 3. The number of nitriles is 1. The summed E-state index contributed by atoms with van der Waals surface area (Å²) in [6.45, 7) is 1.07. The number of carbonyl (C=O) groups is 1. The third-order valence-corrected chi connectivity index (χ3v) is 5.67. The van der Waals surface area contributed by atoms with E-state index in [9.17, 15) is 26.4 Å². The van der Waals surface area contributed by atoms with E-state index in [1.54, 1.807) is 0 Å². The third-order valence-electron chi connectivity index (χ3n) is 4.76. The Morgan fingerprint density at radius 2 is 1.89 bits per heavy atom. The van der Waals surface area contributed by atoms with Crippen molar-refractivity contribution in [3.05, 3.63) is 70.9 Å². The van der Waals surface area contributed by atoms with Crippen LogP contribution in [0.1, 0.15) is 27.0 Å². The average molecular weight is 506 g/mol. The molecule has 9 nitrogen and oxygen atoms in total. The Morgan fingerprint density at radius 3 is 2.49 bits per heavy atom. The molecule has 0 saturated heterocycles. The molecule has 0 unspecified atom stereocenters. The number of sulfonamides is 1. The van der Waals surface area contributed by atoms with Gasteiger partial charge in [-0.2, -0.15) is 18.4 Å². The van der Waals surface area contributed by atoms with E-state index in [1.807, 2.05) is 6.07 Å². The van der Waals surface area contributed by atoms with Crippen molar-refractivity contribution in [2.24, 2.45) is 5.14 Å². The van der Waals surface area contributed by atoms with Crippen LogP contribution in [0.4, 0.5) is 18.9 Å². The summed E-state index contributed by atoms with van der Waals surface area (Å²) in [6.07, 6.45) is -4.29. The fraction of sp³-hybridized carbons (Fsp3) is 0.136. The minimum absolute atomic E-state index is 0.0107. The van der Waals surface area contributed by atoms with Crippen molar-refractivity contribution in [3.63, 3.8) is 0 Å². The molecule has 1 aromatic heterocycles. The molecule has 3 rings (SSSR count). The lowest BCUT2D eigenvalue weighted by molar-refractivity contribution is -0.138. The second-order valence-corrected chi connectivity index (χ2v) is 8.64. The monoisotopic (exact) mass is 506 g/mol. The number of aromatic nitrogens is 1. The molecule has 3 aromatic rings. The first-order valence-corrected chi connectivity index (χ1v) is 11.2. The van der Waals surface area contributed by atoms with E-state index >= 15 is 0 Å². The Morgan fingerprint density at radius 1 is 1.17 bits per heavy atom. The smallest absolute Gasteiger partial charge is 0.418 e. The lowest BCUT2D eigenvalue weighted by Gasteiger charge is -2.18. The second kappa shape index (κ2) is 9.61. The zero-order valence-electron chi connectivity index (χ0n) is 18.2. The second-order valence-electron chi connectivity index (χ2n) is 7.08. The molecule has 0 fully saturated rings. The predicted molar refractivity (Wildman–Crippen MR) is 118 cm³/mol. The molecule has 0 aliphatic rings. The van der Waals surface area contributed by atoms with Gasteiger partial charge in [-0.05, 0) is 42.8 Å². The summed E-state index contributed by atoms with van der Waals surface area (Å²) >= 11 is 0. The molecule has 0 atom stereocenters. The first kappa shape index (κ1) is 25.5. The molecule has 0 bridgehead atoms. The van der Waals surface area contributed by atoms with Crippen LogP contribution in [0, 0.1) is 18.3 Å². The van der Waals surface area contributed by atoms with Crippen LogP contribution in [0.15, 0.2) is 53.6 Å². The Balaban J connectivity index is 2.10. The van der Waals surface area contributed by atoms with Gasteiger partial charge in [-0.3, -0.25) is 4.79 Å². The summed E-state index contributed by atoms with van der Waals surface area (Å²) in [6, 6.07) is 10.8. The lowest BCUT2D eigenvalue weighted by Crippen LogP contribution is -2.19. The summed E-state index contributed by atoms with van der Waals surface area (Å²) in [5.74, 6) is -1.45. The number of hydrogen-bond acceptors (Lipinski definition) is 7. The summed E-state index contributed by atoms with van der Waals surface area (Å²) in [5.41, 5.74) is -2.00. The molecule has 182 valence electrons. The van der Waals surface area contributed by atoms with Gasteiger partial charge in [-0.25, -0.2) is 18.5 Å². The van der Waals surface area contributed by atoms with Gasteiger partial charge >= 0.3 is 6.18 Å². The van der Waals surface area contributed by atoms with Crippen LogP contribution in [-0.4, -0.2) is 26.4 Å². The van der Waals surface area contributed by atoms with Crippen molar-refractivity contribution >= 4 is 21.6 Å². The van der Waals surface area contributed by atoms with Crippen molar-refractivity contribution in [3.8, 4) is 23.4 Å². The van der Waals surface area contributed by atoms with E-state index in [0.29, 0.717) is 6.20 Å². The van der Waals surface area contributed by atoms with Gasteiger partial charge in [-0.15, -0.1) is 0 Å². The zero-order chi connectivity index (χ0) is 26.0. The van der Waals surface area contributed by atoms with E-state index in [2.05, 4.69) is 10.3 Å². The summed E-state index contributed by atoms with van der Waals surface area (Å²) < 4.78 is 74.5. The Kier molecular flexibility index (Phi) is 6.99. The van der Waals surface area contributed by atoms with Gasteiger partial charge in [-0.1, -0.05) is 6.07 Å². The maximum absolute atomic E-state index is 13.5. The predicted octanol–water partition coefficient (Wildman–Crippen LogP) is 3.98. The van der Waals surface area contributed by atoms with Gasteiger partial charge in [0.15, 0.2) is 11.5 Å². The minimum atomic E-state index is -4.82. The molecule has 1 amide bonds. The van der Waals surface area contributed by atoms with Gasteiger partial charge in [0.2, 0.25) is 15.9 Å². The van der Waals surface area contributed by atoms with Crippen LogP contribution >= 0.6 is 0 Å². The number of alkyl halides is 3. The molecule has 35 heavy (non-hydrogen) atoms. The summed E-state index contributed by atoms with van der Waals surface area (Å²) in [5, 5.41) is 16.5. The fourth-order valence-corrected chi connectivity index (χ4v) is 3.64. The van der Waals surface area contributed by atoms with Gasteiger partial charge in [0, 0.05) is 18.0 Å². The summed E-state index contributed by atoms with van der Waals surface area (Å²) in [7, 11) is -2.80. The van der Waals surface area contributed by atoms with Crippen molar-refractivity contribution in [2.45, 2.75) is 18.0 Å². The van der Waals surface area contributed by atoms with Gasteiger partial charge in [0.25, 0.3) is 5.91 Å². The number of nitrogens with two attached hydrogens (primary N) is 1. The van der Waals surface area contributed by atoms with Crippen LogP contribution in [0.25, 0.3) is 0 Å². The molecular formula is C22H17F3N4O5S. The standard InChI is InChI=1S/C22H17F3N4O5S/c1-12-16(22(23,24)25)11-28-21(34-17-7-6-13(10-26)8-18(17)33-2)19(12)20(30)29-14-4-3-5-15(9-14)35(27,31)32/h3-9,11H,1-2H3,(H,29,30)(H2,27,31,32). The molecule has 13 heteroatoms. The average Bonchev–Trinajstić information content (AvgIpc) is 2.78. The van der Waals surface area contributed by atoms with Crippen molar-refractivity contribution in [1.29, 1.82) is 5.26 Å². The number of pyridine rings is 1. The number of hydrogen-bond donors (Lipinski definition) is 2. The maximum atomic E-state index is 13.5. The SMILES string of the molecule is COc1cc(C#N)ccc1Oc1ncc(C(F)(F)F)c(C)c1C(=O)Nc1cccc(S(N)(=O)=O)c1. The van der Waals surface area contributed by atoms with Crippen LogP contribution in [0.3, 0.4) is 0 Å². The lowest BCUT2D eigenvalue weighted by atomic mass is 10.0. The Hall–Kier alpha value is -4.15. The van der Waals surface area contributed by atoms with Crippen molar-refractivity contribution in [1.82, 2.24) is 4.98 Å². The van der Waals surface area contributed by atoms with Crippen LogP contribution < -0.4 is 19.9 Å². The number of rotatable bonds is 6. The van der Waals surface area contributed by atoms with Gasteiger partial charge < -0.3 is 14.8 Å². The number of benzene rings is 2. The number of primary sulfonamides is 1. The van der Waals surface area contributed by atoms with Crippen LogP contribution in [-0.2, 0) is 16.2 Å². The molecule has 0 spiro atoms. The topological polar surface area (TPSA) is 144 Å². The minimum Gasteiger partial charge on any atom is -0.493 e. The number of nitrogens with zero attached hydrogens (tertiary/aromatic N) is 2. The number of anilines is 1. The highest BCUT2D eigenvalue weighted by Gasteiger charge is 2.36. The number of amides is 1. The molecule has 1 heterocycles. The maximum Gasteiger partial charge on any atom is 0.418 e. The molecule has 2 aromatic carbocycles. The molecule has 0 aliphatic heterocycles. The number of nitrogens with one attached hydrogen (secondary N) is 1. The van der Waals surface area contributed by atoms with E-state index < -0.39 is 44.7 Å². The van der Waals surface area contributed by atoms with E-state index in [0.717, 1.165) is 13.0 Å². The highest BCUT2D eigenvalue weighted by Crippen LogP contribution is 2.38. The Labute approximate surface area is 198 Å². The first-order valence-electron chi connectivity index (χ1n) is 9.62. The fourth-order valence-electron chi connectivity index (χ4n) is 3.08. The molecule has 0 radical (unpaired) electrons.